The molecular formula is C59H70O6S2. The monoisotopic (exact) mass is 938 g/mol. The second-order valence-corrected chi connectivity index (χ2v) is 22.1. The zero-order valence-electron chi connectivity index (χ0n) is 40.3. The molecule has 0 amide bonds. The molecule has 0 N–H and O–H groups in total. The van der Waals surface area contributed by atoms with Crippen molar-refractivity contribution in [3.63, 3.8) is 0 Å². The molecule has 0 atom stereocenters. The Morgan fingerprint density at radius 2 is 0.791 bits per heavy atom. The predicted molar refractivity (Wildman–Crippen MR) is 278 cm³/mol. The van der Waals surface area contributed by atoms with Crippen molar-refractivity contribution < 1.29 is 28.4 Å². The molecule has 2 aliphatic heterocycles. The van der Waals surface area contributed by atoms with Crippen LogP contribution in [0, 0.1) is 10.8 Å². The fourth-order valence-electron chi connectivity index (χ4n) is 9.95. The van der Waals surface area contributed by atoms with Crippen LogP contribution in [-0.2, 0) is 24.4 Å². The molecule has 4 aromatic carbocycles. The van der Waals surface area contributed by atoms with Crippen molar-refractivity contribution >= 4 is 22.7 Å². The summed E-state index contributed by atoms with van der Waals surface area (Å²) in [4.78, 5) is 5.15. The number of benzene rings is 4. The van der Waals surface area contributed by atoms with Gasteiger partial charge in [0.15, 0.2) is 0 Å². The number of unbranched alkanes of at least 4 members (excludes halogenated alkanes) is 6. The molecule has 0 radical (unpaired) electrons. The van der Waals surface area contributed by atoms with Gasteiger partial charge in [-0.2, -0.15) is 0 Å². The average Bonchev–Trinajstić information content (AvgIpc) is 4.10. The van der Waals surface area contributed by atoms with Crippen LogP contribution in [0.4, 0.5) is 0 Å². The Bertz CT molecular complexity index is 2330. The van der Waals surface area contributed by atoms with Crippen LogP contribution in [0.25, 0.3) is 52.9 Å². The highest BCUT2D eigenvalue weighted by Gasteiger charge is 2.41. The lowest BCUT2D eigenvalue weighted by Gasteiger charge is -2.37. The number of hydrogen-bond acceptors (Lipinski definition) is 8. The van der Waals surface area contributed by atoms with Crippen molar-refractivity contribution in [3.05, 3.63) is 120 Å². The average molecular weight is 939 g/mol. The molecule has 67 heavy (non-hydrogen) atoms. The zero-order chi connectivity index (χ0) is 46.1. The summed E-state index contributed by atoms with van der Waals surface area (Å²) in [6.07, 6.45) is 11.1. The number of rotatable bonds is 26. The maximum Gasteiger partial charge on any atom is 0.119 e. The Morgan fingerprint density at radius 3 is 1.15 bits per heavy atom. The highest BCUT2D eigenvalue weighted by molar-refractivity contribution is 7.19. The van der Waals surface area contributed by atoms with Gasteiger partial charge in [-0.1, -0.05) is 64.8 Å². The minimum atomic E-state index is -0.0287. The van der Waals surface area contributed by atoms with Crippen molar-refractivity contribution in [2.45, 2.75) is 97.3 Å². The van der Waals surface area contributed by atoms with Crippen LogP contribution in [-0.4, -0.2) is 66.1 Å². The van der Waals surface area contributed by atoms with Gasteiger partial charge in [-0.15, -0.1) is 22.7 Å². The molecule has 0 spiro atoms. The smallest absolute Gasteiger partial charge is 0.119 e. The van der Waals surface area contributed by atoms with E-state index in [0.717, 1.165) is 129 Å². The minimum Gasteiger partial charge on any atom is -0.494 e. The van der Waals surface area contributed by atoms with E-state index in [-0.39, 0.29) is 16.2 Å². The van der Waals surface area contributed by atoms with Crippen molar-refractivity contribution in [2.24, 2.45) is 10.8 Å². The van der Waals surface area contributed by atoms with Crippen LogP contribution >= 0.6 is 22.7 Å². The molecule has 3 aliphatic rings. The Morgan fingerprint density at radius 1 is 0.433 bits per heavy atom. The molecule has 0 bridgehead atoms. The van der Waals surface area contributed by atoms with E-state index in [0.29, 0.717) is 0 Å². The molecule has 8 heteroatoms. The molecule has 2 fully saturated rings. The number of fused-ring (bicyclic) bond motifs is 3. The lowest BCUT2D eigenvalue weighted by Crippen LogP contribution is -2.43. The van der Waals surface area contributed by atoms with E-state index in [1.807, 2.05) is 22.7 Å². The number of thiophene rings is 2. The van der Waals surface area contributed by atoms with E-state index in [4.69, 9.17) is 28.4 Å². The molecular weight excluding hydrogens is 869 g/mol. The van der Waals surface area contributed by atoms with Gasteiger partial charge in [0.1, 0.15) is 11.5 Å². The van der Waals surface area contributed by atoms with E-state index < -0.39 is 0 Å². The van der Waals surface area contributed by atoms with Crippen LogP contribution in [0.2, 0.25) is 0 Å². The summed E-state index contributed by atoms with van der Waals surface area (Å²) in [7, 11) is 0. The third-order valence-corrected chi connectivity index (χ3v) is 16.6. The first-order valence-corrected chi connectivity index (χ1v) is 26.7. The topological polar surface area (TPSA) is 55.4 Å². The van der Waals surface area contributed by atoms with Crippen molar-refractivity contribution in [1.29, 1.82) is 0 Å². The van der Waals surface area contributed by atoms with Gasteiger partial charge in [0.2, 0.25) is 0 Å². The van der Waals surface area contributed by atoms with Crippen LogP contribution < -0.4 is 9.47 Å². The first-order valence-electron chi connectivity index (χ1n) is 25.0. The van der Waals surface area contributed by atoms with Gasteiger partial charge < -0.3 is 28.4 Å². The highest BCUT2D eigenvalue weighted by atomic mass is 32.1. The molecule has 1 aliphatic carbocycles. The number of ether oxygens (including phenoxy) is 6. The zero-order valence-corrected chi connectivity index (χ0v) is 41.9. The molecule has 6 aromatic rings. The summed E-state index contributed by atoms with van der Waals surface area (Å²) in [5.74, 6) is 1.87. The van der Waals surface area contributed by atoms with E-state index in [1.165, 1.54) is 76.9 Å². The van der Waals surface area contributed by atoms with Crippen LogP contribution in [0.5, 0.6) is 11.5 Å². The second-order valence-electron chi connectivity index (χ2n) is 19.9. The van der Waals surface area contributed by atoms with Crippen LogP contribution in [0.15, 0.2) is 109 Å². The Balaban J connectivity index is 0.764. The summed E-state index contributed by atoms with van der Waals surface area (Å²) >= 11 is 3.74. The maximum atomic E-state index is 6.11. The lowest BCUT2D eigenvalue weighted by molar-refractivity contribution is -0.138. The van der Waals surface area contributed by atoms with Gasteiger partial charge in [-0.25, -0.2) is 0 Å². The summed E-state index contributed by atoms with van der Waals surface area (Å²) in [5, 5.41) is 0. The third kappa shape index (κ3) is 11.3. The minimum absolute atomic E-state index is 0.0287. The van der Waals surface area contributed by atoms with Gasteiger partial charge in [0.05, 0.1) is 52.9 Å². The molecule has 2 aromatic heterocycles. The first kappa shape index (κ1) is 47.8. The van der Waals surface area contributed by atoms with E-state index in [9.17, 15) is 0 Å². The molecule has 0 unspecified atom stereocenters. The lowest BCUT2D eigenvalue weighted by atomic mass is 9.73. The third-order valence-electron chi connectivity index (χ3n) is 14.2. The molecule has 354 valence electrons. The van der Waals surface area contributed by atoms with E-state index >= 15 is 0 Å². The van der Waals surface area contributed by atoms with Gasteiger partial charge in [0.25, 0.3) is 0 Å². The molecule has 4 heterocycles. The van der Waals surface area contributed by atoms with Gasteiger partial charge >= 0.3 is 0 Å². The van der Waals surface area contributed by atoms with Crippen LogP contribution in [0.3, 0.4) is 0 Å². The van der Waals surface area contributed by atoms with Crippen molar-refractivity contribution in [2.75, 3.05) is 66.1 Å². The largest absolute Gasteiger partial charge is 0.494 e. The molecule has 6 nitrogen and oxygen atoms in total. The van der Waals surface area contributed by atoms with Crippen LogP contribution in [0.1, 0.15) is 103 Å². The van der Waals surface area contributed by atoms with Gasteiger partial charge in [-0.3, -0.25) is 0 Å². The highest BCUT2D eigenvalue weighted by Crippen LogP contribution is 2.55. The van der Waals surface area contributed by atoms with E-state index in [1.54, 1.807) is 0 Å². The number of hydrogen-bond donors (Lipinski definition) is 0. The standard InChI is InChI=1S/C59H70O6S2/c1-5-59(6-2)51-35-45(55-29-27-53(66-55)43-15-21-47(22-16-43)64-33-13-9-7-11-31-60-37-57(3)39-62-40-57)19-25-49(51)50-26-20-46(36-52(50)59)56-30-28-54(67-56)44-17-23-48(24-18-44)65-34-14-10-8-12-32-61-38-58(4)41-63-42-58/h15-30,35-36H,5-14,31-34,37-42H2,1-4H3. The van der Waals surface area contributed by atoms with Gasteiger partial charge in [0, 0.05) is 49.0 Å². The first-order chi connectivity index (χ1) is 32.8. The molecule has 9 rings (SSSR count). The molecule has 2 saturated heterocycles. The summed E-state index contributed by atoms with van der Waals surface area (Å²) in [6.45, 7) is 17.3. The summed E-state index contributed by atoms with van der Waals surface area (Å²) in [6, 6.07) is 40.8. The normalized spacial score (nSPS) is 16.2. The maximum absolute atomic E-state index is 6.11. The molecule has 0 saturated carbocycles. The predicted octanol–water partition coefficient (Wildman–Crippen LogP) is 15.5. The van der Waals surface area contributed by atoms with Gasteiger partial charge in [-0.05, 0) is 181 Å². The van der Waals surface area contributed by atoms with E-state index in [2.05, 4.69) is 137 Å². The quantitative estimate of drug-likeness (QED) is 0.0505. The summed E-state index contributed by atoms with van der Waals surface area (Å²) < 4.78 is 34.6. The Hall–Kier alpha value is -4.28. The second kappa shape index (κ2) is 22.0. The van der Waals surface area contributed by atoms with Crippen molar-refractivity contribution in [1.82, 2.24) is 0 Å². The fourth-order valence-corrected chi connectivity index (χ4v) is 12.0. The SMILES string of the molecule is CCC1(CC)c2cc(-c3ccc(-c4ccc(OCCCCCCOCC5(C)COC5)cc4)s3)ccc2-c2ccc(-c3ccc(-c4ccc(OCCCCCCOCC5(C)COC5)cc4)s3)cc21. The summed E-state index contributed by atoms with van der Waals surface area (Å²) in [5.41, 5.74) is 11.2. The Kier molecular flexibility index (Phi) is 15.7. The van der Waals surface area contributed by atoms with Crippen molar-refractivity contribution in [3.8, 4) is 64.4 Å². The Labute approximate surface area is 408 Å². The fraction of sp³-hybridized carbons (Fsp3) is 0.458.